The van der Waals surface area contributed by atoms with E-state index in [1.54, 1.807) is 0 Å². The Morgan fingerprint density at radius 1 is 1.19 bits per heavy atom. The number of sulfonamides is 1. The molecule has 0 aromatic carbocycles. The van der Waals surface area contributed by atoms with Crippen molar-refractivity contribution in [2.75, 3.05) is 5.73 Å². The molecule has 6 heteroatoms. The van der Waals surface area contributed by atoms with Crippen molar-refractivity contribution in [2.45, 2.75) is 57.9 Å². The van der Waals surface area contributed by atoms with Crippen molar-refractivity contribution in [3.63, 3.8) is 0 Å². The van der Waals surface area contributed by atoms with E-state index in [2.05, 4.69) is 37.4 Å². The van der Waals surface area contributed by atoms with Crippen LogP contribution in [-0.2, 0) is 10.0 Å². The third kappa shape index (κ3) is 4.17. The molecule has 1 heterocycles. The van der Waals surface area contributed by atoms with Crippen LogP contribution in [0, 0.1) is 10.8 Å². The van der Waals surface area contributed by atoms with Crippen LogP contribution >= 0.6 is 0 Å². The Balaban J connectivity index is 2.18. The number of hydrogen-bond donors (Lipinski definition) is 2. The summed E-state index contributed by atoms with van der Waals surface area (Å²) in [6, 6.07) is 2.94. The number of aromatic nitrogens is 1. The van der Waals surface area contributed by atoms with Crippen LogP contribution in [0.1, 0.15) is 47.0 Å². The SMILES string of the molecule is CC1(C)CC(NS(=O)(=O)c2ccc(N)nc2)CC(C)(C)C1. The van der Waals surface area contributed by atoms with E-state index in [9.17, 15) is 8.42 Å². The van der Waals surface area contributed by atoms with Crippen molar-refractivity contribution >= 4 is 15.8 Å². The highest BCUT2D eigenvalue weighted by Gasteiger charge is 2.39. The Bertz CT molecular complexity index is 590. The van der Waals surface area contributed by atoms with Crippen LogP contribution in [0.5, 0.6) is 0 Å². The molecule has 0 radical (unpaired) electrons. The quantitative estimate of drug-likeness (QED) is 0.898. The fourth-order valence-corrected chi connectivity index (χ4v) is 4.95. The van der Waals surface area contributed by atoms with Crippen LogP contribution in [-0.4, -0.2) is 19.4 Å². The number of hydrogen-bond acceptors (Lipinski definition) is 4. The smallest absolute Gasteiger partial charge is 0.242 e. The average molecular weight is 311 g/mol. The molecule has 0 atom stereocenters. The Morgan fingerprint density at radius 3 is 2.24 bits per heavy atom. The minimum atomic E-state index is -3.55. The summed E-state index contributed by atoms with van der Waals surface area (Å²) >= 11 is 0. The van der Waals surface area contributed by atoms with Gasteiger partial charge in [-0.1, -0.05) is 27.7 Å². The third-order valence-corrected chi connectivity index (χ3v) is 5.45. The van der Waals surface area contributed by atoms with Crippen molar-refractivity contribution < 1.29 is 8.42 Å². The fourth-order valence-electron chi connectivity index (χ4n) is 3.77. The number of nitrogens with one attached hydrogen (secondary N) is 1. The van der Waals surface area contributed by atoms with Gasteiger partial charge in [-0.2, -0.15) is 0 Å². The van der Waals surface area contributed by atoms with Crippen molar-refractivity contribution in [3.05, 3.63) is 18.3 Å². The molecule has 0 aliphatic heterocycles. The molecule has 1 aromatic heterocycles. The normalized spacial score (nSPS) is 22.1. The second kappa shape index (κ2) is 5.25. The van der Waals surface area contributed by atoms with E-state index in [-0.39, 0.29) is 21.8 Å². The topological polar surface area (TPSA) is 85.1 Å². The van der Waals surface area contributed by atoms with Crippen LogP contribution in [0.25, 0.3) is 0 Å². The maximum absolute atomic E-state index is 12.4. The van der Waals surface area contributed by atoms with Crippen molar-refractivity contribution in [2.24, 2.45) is 10.8 Å². The first kappa shape index (κ1) is 16.2. The molecule has 1 fully saturated rings. The van der Waals surface area contributed by atoms with Crippen LogP contribution in [0.2, 0.25) is 0 Å². The molecular weight excluding hydrogens is 286 g/mol. The summed E-state index contributed by atoms with van der Waals surface area (Å²) in [5, 5.41) is 0. The maximum atomic E-state index is 12.4. The van der Waals surface area contributed by atoms with E-state index < -0.39 is 10.0 Å². The first-order valence-electron chi connectivity index (χ1n) is 7.23. The molecule has 2 rings (SSSR count). The number of rotatable bonds is 3. The molecule has 0 spiro atoms. The Hall–Kier alpha value is -1.14. The second-order valence-electron chi connectivity index (χ2n) is 7.65. The lowest BCUT2D eigenvalue weighted by atomic mass is 9.64. The highest BCUT2D eigenvalue weighted by atomic mass is 32.2. The van der Waals surface area contributed by atoms with Gasteiger partial charge in [-0.05, 0) is 42.2 Å². The monoisotopic (exact) mass is 311 g/mol. The molecule has 1 aromatic rings. The lowest BCUT2D eigenvalue weighted by Crippen LogP contribution is -2.45. The van der Waals surface area contributed by atoms with Gasteiger partial charge in [-0.3, -0.25) is 0 Å². The van der Waals surface area contributed by atoms with Gasteiger partial charge < -0.3 is 5.73 Å². The van der Waals surface area contributed by atoms with Crippen LogP contribution < -0.4 is 10.5 Å². The molecule has 0 amide bonds. The second-order valence-corrected chi connectivity index (χ2v) is 9.36. The van der Waals surface area contributed by atoms with E-state index in [0.717, 1.165) is 19.3 Å². The molecule has 0 bridgehead atoms. The van der Waals surface area contributed by atoms with E-state index >= 15 is 0 Å². The zero-order chi connectivity index (χ0) is 15.9. The van der Waals surface area contributed by atoms with Crippen molar-refractivity contribution in [1.82, 2.24) is 9.71 Å². The number of pyridine rings is 1. The lowest BCUT2D eigenvalue weighted by Gasteiger charge is -2.45. The molecule has 0 unspecified atom stereocenters. The molecule has 1 aliphatic carbocycles. The average Bonchev–Trinajstić information content (AvgIpc) is 2.23. The highest BCUT2D eigenvalue weighted by molar-refractivity contribution is 7.89. The predicted octanol–water partition coefficient (Wildman–Crippen LogP) is 2.55. The zero-order valence-corrected chi connectivity index (χ0v) is 14.0. The van der Waals surface area contributed by atoms with Crippen LogP contribution in [0.3, 0.4) is 0 Å². The molecule has 1 aliphatic rings. The van der Waals surface area contributed by atoms with Crippen molar-refractivity contribution in [1.29, 1.82) is 0 Å². The number of anilines is 1. The highest BCUT2D eigenvalue weighted by Crippen LogP contribution is 2.45. The lowest BCUT2D eigenvalue weighted by molar-refractivity contribution is 0.0934. The number of nitrogens with two attached hydrogens (primary N) is 1. The van der Waals surface area contributed by atoms with Gasteiger partial charge in [-0.15, -0.1) is 0 Å². The molecule has 118 valence electrons. The summed E-state index contributed by atoms with van der Waals surface area (Å²) in [6.07, 6.45) is 4.09. The van der Waals surface area contributed by atoms with Crippen molar-refractivity contribution in [3.8, 4) is 0 Å². The Morgan fingerprint density at radius 2 is 1.76 bits per heavy atom. The minimum absolute atomic E-state index is 0.0497. The van der Waals surface area contributed by atoms with E-state index in [1.807, 2.05) is 0 Å². The summed E-state index contributed by atoms with van der Waals surface area (Å²) in [7, 11) is -3.55. The maximum Gasteiger partial charge on any atom is 0.242 e. The van der Waals surface area contributed by atoms with E-state index in [4.69, 9.17) is 5.73 Å². The van der Waals surface area contributed by atoms with Gasteiger partial charge in [0.05, 0.1) is 0 Å². The Labute approximate surface area is 127 Å². The standard InChI is InChI=1S/C15H25N3O2S/c1-14(2)7-11(8-15(3,4)10-14)18-21(19,20)12-5-6-13(16)17-9-12/h5-6,9,11,18H,7-8,10H2,1-4H3,(H2,16,17). The van der Waals surface area contributed by atoms with Gasteiger partial charge in [0.15, 0.2) is 0 Å². The van der Waals surface area contributed by atoms with E-state index in [0.29, 0.717) is 5.82 Å². The minimum Gasteiger partial charge on any atom is -0.384 e. The van der Waals surface area contributed by atoms with Crippen LogP contribution in [0.15, 0.2) is 23.2 Å². The summed E-state index contributed by atoms with van der Waals surface area (Å²) < 4.78 is 27.7. The summed E-state index contributed by atoms with van der Waals surface area (Å²) in [5.74, 6) is 0.314. The Kier molecular flexibility index (Phi) is 4.06. The molecule has 21 heavy (non-hydrogen) atoms. The molecule has 1 saturated carbocycles. The van der Waals surface area contributed by atoms with Gasteiger partial charge >= 0.3 is 0 Å². The van der Waals surface area contributed by atoms with E-state index in [1.165, 1.54) is 18.3 Å². The molecule has 0 saturated heterocycles. The molecular formula is C15H25N3O2S. The summed E-state index contributed by atoms with van der Waals surface area (Å²) in [5.41, 5.74) is 5.77. The fraction of sp³-hybridized carbons (Fsp3) is 0.667. The number of nitrogen functional groups attached to an aromatic ring is 1. The largest absolute Gasteiger partial charge is 0.384 e. The predicted molar refractivity (Wildman–Crippen MR) is 84.2 cm³/mol. The zero-order valence-electron chi connectivity index (χ0n) is 13.2. The first-order chi connectivity index (χ1) is 9.49. The first-order valence-corrected chi connectivity index (χ1v) is 8.71. The number of nitrogens with zero attached hydrogens (tertiary/aromatic N) is 1. The molecule has 5 nitrogen and oxygen atoms in total. The van der Waals surface area contributed by atoms with Gasteiger partial charge in [0.2, 0.25) is 10.0 Å². The third-order valence-electron chi connectivity index (χ3n) is 3.95. The van der Waals surface area contributed by atoms with Gasteiger partial charge in [0.1, 0.15) is 10.7 Å². The summed E-state index contributed by atoms with van der Waals surface area (Å²) in [4.78, 5) is 4.02. The van der Waals surface area contributed by atoms with Crippen LogP contribution in [0.4, 0.5) is 5.82 Å². The van der Waals surface area contributed by atoms with Gasteiger partial charge in [0, 0.05) is 12.2 Å². The summed E-state index contributed by atoms with van der Waals surface area (Å²) in [6.45, 7) is 8.78. The van der Waals surface area contributed by atoms with Gasteiger partial charge in [-0.25, -0.2) is 18.1 Å². The molecule has 3 N–H and O–H groups in total. The van der Waals surface area contributed by atoms with Gasteiger partial charge in [0.25, 0.3) is 0 Å².